The molecule has 0 unspecified atom stereocenters. The standard InChI is InChI=1S/C25H26O4/c1-28-23-15-12-21(17-24(23)29-2)9-8-20-5-3-4-19(16-20)7-6-18-10-13-22(14-11-18)25(26)27/h3-5,10-17H,6-9H2,1-2H3,(H,26,27). The van der Waals surface area contributed by atoms with E-state index >= 15 is 0 Å². The normalized spacial score (nSPS) is 10.6. The number of carbonyl (C=O) groups is 1. The van der Waals surface area contributed by atoms with Crippen molar-refractivity contribution in [3.05, 3.63) is 94.5 Å². The lowest BCUT2D eigenvalue weighted by Gasteiger charge is -2.10. The van der Waals surface area contributed by atoms with Crippen LogP contribution in [0.15, 0.2) is 66.7 Å². The lowest BCUT2D eigenvalue weighted by atomic mass is 9.99. The van der Waals surface area contributed by atoms with E-state index in [2.05, 4.69) is 30.3 Å². The number of carboxylic acids is 1. The zero-order valence-corrected chi connectivity index (χ0v) is 16.9. The highest BCUT2D eigenvalue weighted by Gasteiger charge is 2.06. The van der Waals surface area contributed by atoms with Gasteiger partial charge in [0.15, 0.2) is 11.5 Å². The Balaban J connectivity index is 1.58. The van der Waals surface area contributed by atoms with Gasteiger partial charge < -0.3 is 14.6 Å². The number of aromatic carboxylic acids is 1. The van der Waals surface area contributed by atoms with Crippen LogP contribution in [0.1, 0.15) is 32.6 Å². The molecule has 3 aromatic carbocycles. The van der Waals surface area contributed by atoms with Crippen molar-refractivity contribution >= 4 is 5.97 Å². The Bertz CT molecular complexity index is 961. The number of aryl methyl sites for hydroxylation is 4. The number of carboxylic acid groups (broad SMARTS) is 1. The van der Waals surface area contributed by atoms with Gasteiger partial charge in [-0.3, -0.25) is 0 Å². The zero-order valence-electron chi connectivity index (χ0n) is 16.9. The zero-order chi connectivity index (χ0) is 20.6. The molecule has 1 N–H and O–H groups in total. The van der Waals surface area contributed by atoms with Gasteiger partial charge in [-0.25, -0.2) is 4.79 Å². The predicted octanol–water partition coefficient (Wildman–Crippen LogP) is 4.97. The molecule has 150 valence electrons. The van der Waals surface area contributed by atoms with Crippen molar-refractivity contribution < 1.29 is 19.4 Å². The number of hydrogen-bond acceptors (Lipinski definition) is 3. The minimum absolute atomic E-state index is 0.325. The first-order chi connectivity index (χ1) is 14.1. The Morgan fingerprint density at radius 2 is 1.21 bits per heavy atom. The number of methoxy groups -OCH3 is 2. The molecule has 0 amide bonds. The lowest BCUT2D eigenvalue weighted by Crippen LogP contribution is -1.98. The van der Waals surface area contributed by atoms with Gasteiger partial charge >= 0.3 is 5.97 Å². The molecule has 29 heavy (non-hydrogen) atoms. The summed E-state index contributed by atoms with van der Waals surface area (Å²) in [6, 6.07) is 21.8. The highest BCUT2D eigenvalue weighted by molar-refractivity contribution is 5.87. The molecule has 3 rings (SSSR count). The summed E-state index contributed by atoms with van der Waals surface area (Å²) < 4.78 is 10.7. The second-order valence-electron chi connectivity index (χ2n) is 7.01. The molecule has 0 bridgehead atoms. The number of rotatable bonds is 9. The van der Waals surface area contributed by atoms with Gasteiger partial charge in [-0.05, 0) is 72.2 Å². The van der Waals surface area contributed by atoms with E-state index in [-0.39, 0.29) is 0 Å². The predicted molar refractivity (Wildman–Crippen MR) is 114 cm³/mol. The first-order valence-corrected chi connectivity index (χ1v) is 9.70. The molecule has 0 aliphatic carbocycles. The van der Waals surface area contributed by atoms with Crippen LogP contribution in [0.4, 0.5) is 0 Å². The Labute approximate surface area is 171 Å². The summed E-state index contributed by atoms with van der Waals surface area (Å²) >= 11 is 0. The first-order valence-electron chi connectivity index (χ1n) is 9.70. The van der Waals surface area contributed by atoms with Gasteiger partial charge in [0.2, 0.25) is 0 Å². The van der Waals surface area contributed by atoms with E-state index in [1.165, 1.54) is 16.7 Å². The number of hydrogen-bond donors (Lipinski definition) is 1. The van der Waals surface area contributed by atoms with Crippen LogP contribution in [-0.4, -0.2) is 25.3 Å². The molecule has 0 aliphatic heterocycles. The molecular formula is C25H26O4. The van der Waals surface area contributed by atoms with Crippen LogP contribution in [0.2, 0.25) is 0 Å². The molecule has 0 fully saturated rings. The molecule has 0 aromatic heterocycles. The summed E-state index contributed by atoms with van der Waals surface area (Å²) in [5.41, 5.74) is 5.28. The second-order valence-corrected chi connectivity index (χ2v) is 7.01. The molecular weight excluding hydrogens is 364 g/mol. The fourth-order valence-electron chi connectivity index (χ4n) is 3.37. The summed E-state index contributed by atoms with van der Waals surface area (Å²) in [6.45, 7) is 0. The van der Waals surface area contributed by atoms with Crippen molar-refractivity contribution in [2.75, 3.05) is 14.2 Å². The molecule has 0 spiro atoms. The molecule has 0 aliphatic rings. The molecule has 0 atom stereocenters. The maximum Gasteiger partial charge on any atom is 0.335 e. The van der Waals surface area contributed by atoms with E-state index in [1.807, 2.05) is 24.3 Å². The number of ether oxygens (including phenoxy) is 2. The molecule has 3 aromatic rings. The monoisotopic (exact) mass is 390 g/mol. The van der Waals surface area contributed by atoms with Gasteiger partial charge in [0.1, 0.15) is 0 Å². The second kappa shape index (κ2) is 9.78. The third kappa shape index (κ3) is 5.61. The molecule has 0 radical (unpaired) electrons. The third-order valence-electron chi connectivity index (χ3n) is 5.04. The fraction of sp³-hybridized carbons (Fsp3) is 0.240. The molecule has 4 nitrogen and oxygen atoms in total. The van der Waals surface area contributed by atoms with Crippen molar-refractivity contribution in [2.45, 2.75) is 25.7 Å². The van der Waals surface area contributed by atoms with Gasteiger partial charge in [-0.1, -0.05) is 42.5 Å². The van der Waals surface area contributed by atoms with Gasteiger partial charge in [0, 0.05) is 0 Å². The fourth-order valence-corrected chi connectivity index (χ4v) is 3.37. The maximum absolute atomic E-state index is 10.9. The minimum Gasteiger partial charge on any atom is -0.493 e. The Hall–Kier alpha value is -3.27. The summed E-state index contributed by atoms with van der Waals surface area (Å²) in [5.74, 6) is 0.612. The Morgan fingerprint density at radius 1 is 0.690 bits per heavy atom. The van der Waals surface area contributed by atoms with Gasteiger partial charge in [-0.2, -0.15) is 0 Å². The summed E-state index contributed by atoms with van der Waals surface area (Å²) in [4.78, 5) is 10.9. The Morgan fingerprint density at radius 3 is 1.76 bits per heavy atom. The first kappa shape index (κ1) is 20.5. The van der Waals surface area contributed by atoms with Crippen LogP contribution in [-0.2, 0) is 25.7 Å². The highest BCUT2D eigenvalue weighted by Crippen LogP contribution is 2.28. The average Bonchev–Trinajstić information content (AvgIpc) is 2.76. The van der Waals surface area contributed by atoms with Crippen LogP contribution in [0.25, 0.3) is 0 Å². The van der Waals surface area contributed by atoms with Gasteiger partial charge in [0.05, 0.1) is 19.8 Å². The summed E-state index contributed by atoms with van der Waals surface area (Å²) in [7, 11) is 3.30. The smallest absolute Gasteiger partial charge is 0.335 e. The summed E-state index contributed by atoms with van der Waals surface area (Å²) in [6.07, 6.45) is 3.70. The number of benzene rings is 3. The van der Waals surface area contributed by atoms with Crippen molar-refractivity contribution in [2.24, 2.45) is 0 Å². The molecule has 4 heteroatoms. The van der Waals surface area contributed by atoms with E-state index in [0.29, 0.717) is 5.56 Å². The lowest BCUT2D eigenvalue weighted by molar-refractivity contribution is 0.0697. The highest BCUT2D eigenvalue weighted by atomic mass is 16.5. The van der Waals surface area contributed by atoms with Crippen molar-refractivity contribution in [3.8, 4) is 11.5 Å². The van der Waals surface area contributed by atoms with Crippen molar-refractivity contribution in [3.63, 3.8) is 0 Å². The van der Waals surface area contributed by atoms with Crippen molar-refractivity contribution in [1.82, 2.24) is 0 Å². The van der Waals surface area contributed by atoms with Crippen LogP contribution >= 0.6 is 0 Å². The maximum atomic E-state index is 10.9. The third-order valence-corrected chi connectivity index (χ3v) is 5.04. The van der Waals surface area contributed by atoms with Gasteiger partial charge in [-0.15, -0.1) is 0 Å². The van der Waals surface area contributed by atoms with E-state index in [4.69, 9.17) is 14.6 Å². The quantitative estimate of drug-likeness (QED) is 0.560. The van der Waals surface area contributed by atoms with Gasteiger partial charge in [0.25, 0.3) is 0 Å². The van der Waals surface area contributed by atoms with E-state index in [0.717, 1.165) is 42.7 Å². The molecule has 0 heterocycles. The minimum atomic E-state index is -0.890. The van der Waals surface area contributed by atoms with Crippen LogP contribution in [0.3, 0.4) is 0 Å². The topological polar surface area (TPSA) is 55.8 Å². The largest absolute Gasteiger partial charge is 0.493 e. The van der Waals surface area contributed by atoms with E-state index < -0.39 is 5.97 Å². The summed E-state index contributed by atoms with van der Waals surface area (Å²) in [5, 5.41) is 8.99. The van der Waals surface area contributed by atoms with Crippen molar-refractivity contribution in [1.29, 1.82) is 0 Å². The SMILES string of the molecule is COc1ccc(CCc2cccc(CCc3ccc(C(=O)O)cc3)c2)cc1OC. The molecule has 0 saturated carbocycles. The average molecular weight is 390 g/mol. The molecule has 0 saturated heterocycles. The van der Waals surface area contributed by atoms with Crippen LogP contribution in [0, 0.1) is 0 Å². The van der Waals surface area contributed by atoms with Crippen LogP contribution in [0.5, 0.6) is 11.5 Å². The van der Waals surface area contributed by atoms with E-state index in [1.54, 1.807) is 26.4 Å². The Kier molecular flexibility index (Phi) is 6.90. The van der Waals surface area contributed by atoms with E-state index in [9.17, 15) is 4.79 Å². The van der Waals surface area contributed by atoms with Crippen LogP contribution < -0.4 is 9.47 Å².